The van der Waals surface area contributed by atoms with Crippen molar-refractivity contribution in [3.63, 3.8) is 0 Å². The first-order valence-corrected chi connectivity index (χ1v) is 6.36. The molecular formula is C17H20O3. The number of benzene rings is 2. The van der Waals surface area contributed by atoms with Crippen LogP contribution in [-0.2, 0) is 0 Å². The monoisotopic (exact) mass is 272 g/mol. The number of Topliss-reactive ketones (excluding diaryl/α,β-unsaturated/α-hetero) is 1. The summed E-state index contributed by atoms with van der Waals surface area (Å²) >= 11 is 0. The summed E-state index contributed by atoms with van der Waals surface area (Å²) in [4.78, 5) is 10.9. The van der Waals surface area contributed by atoms with E-state index in [9.17, 15) is 4.79 Å². The Hall–Kier alpha value is -2.29. The van der Waals surface area contributed by atoms with E-state index in [1.807, 2.05) is 38.1 Å². The predicted molar refractivity (Wildman–Crippen MR) is 80.6 cm³/mol. The molecule has 0 amide bonds. The molecule has 0 aliphatic rings. The highest BCUT2D eigenvalue weighted by atomic mass is 16.5. The third-order valence-electron chi connectivity index (χ3n) is 2.85. The van der Waals surface area contributed by atoms with Crippen molar-refractivity contribution in [3.05, 3.63) is 59.2 Å². The maximum absolute atomic E-state index is 10.9. The molecule has 2 rings (SSSR count). The molecule has 0 atom stereocenters. The topological polar surface area (TPSA) is 46.5 Å². The molecule has 0 aromatic heterocycles. The van der Waals surface area contributed by atoms with Crippen molar-refractivity contribution in [2.45, 2.75) is 20.8 Å². The number of phenolic OH excluding ortho intramolecular Hbond substituents is 1. The lowest BCUT2D eigenvalue weighted by atomic mass is 10.1. The van der Waals surface area contributed by atoms with Crippen molar-refractivity contribution in [2.75, 3.05) is 7.11 Å². The molecule has 0 fully saturated rings. The van der Waals surface area contributed by atoms with E-state index in [0.717, 1.165) is 11.1 Å². The van der Waals surface area contributed by atoms with Gasteiger partial charge in [-0.15, -0.1) is 0 Å². The molecule has 0 radical (unpaired) electrons. The van der Waals surface area contributed by atoms with Crippen molar-refractivity contribution in [1.29, 1.82) is 0 Å². The van der Waals surface area contributed by atoms with Gasteiger partial charge in [-0.1, -0.05) is 24.3 Å². The first-order valence-electron chi connectivity index (χ1n) is 6.36. The van der Waals surface area contributed by atoms with E-state index in [-0.39, 0.29) is 5.78 Å². The van der Waals surface area contributed by atoms with Crippen LogP contribution in [-0.4, -0.2) is 18.0 Å². The van der Waals surface area contributed by atoms with Crippen LogP contribution in [0, 0.1) is 13.8 Å². The second-order valence-electron chi connectivity index (χ2n) is 4.55. The highest BCUT2D eigenvalue weighted by Crippen LogP contribution is 2.17. The molecule has 0 saturated carbocycles. The number of methoxy groups -OCH3 is 1. The molecule has 2 aromatic rings. The van der Waals surface area contributed by atoms with Gasteiger partial charge in [0.1, 0.15) is 11.5 Å². The molecule has 2 aromatic carbocycles. The summed E-state index contributed by atoms with van der Waals surface area (Å²) in [5.41, 5.74) is 2.66. The maximum atomic E-state index is 10.9. The van der Waals surface area contributed by atoms with Crippen LogP contribution < -0.4 is 4.74 Å². The van der Waals surface area contributed by atoms with Crippen LogP contribution >= 0.6 is 0 Å². The van der Waals surface area contributed by atoms with Crippen molar-refractivity contribution in [1.82, 2.24) is 0 Å². The Bertz CT molecular complexity index is 589. The van der Waals surface area contributed by atoms with Gasteiger partial charge in [0.05, 0.1) is 12.7 Å². The number of para-hydroxylation sites is 1. The average molecular weight is 272 g/mol. The smallest absolute Gasteiger partial charge is 0.163 e. The van der Waals surface area contributed by atoms with Crippen LogP contribution in [0.1, 0.15) is 28.4 Å². The Kier molecular flexibility index (Phi) is 5.78. The van der Waals surface area contributed by atoms with E-state index in [1.54, 1.807) is 25.3 Å². The van der Waals surface area contributed by atoms with Crippen LogP contribution in [0.3, 0.4) is 0 Å². The van der Waals surface area contributed by atoms with Crippen LogP contribution in [0.2, 0.25) is 0 Å². The second-order valence-corrected chi connectivity index (χ2v) is 4.55. The minimum atomic E-state index is 0.0300. The van der Waals surface area contributed by atoms with Gasteiger partial charge in [-0.2, -0.15) is 0 Å². The standard InChI is InChI=1S/C9H10O2.C8H10O/c1-7(10)8-5-3-4-6-9(8)11-2;1-6-3-4-7(2)8(9)5-6/h3-6H,1-2H3;3-5,9H,1-2H3. The molecule has 0 saturated heterocycles. The molecule has 0 unspecified atom stereocenters. The molecule has 0 aliphatic heterocycles. The molecule has 3 nitrogen and oxygen atoms in total. The van der Waals surface area contributed by atoms with Gasteiger partial charge >= 0.3 is 0 Å². The fraction of sp³-hybridized carbons (Fsp3) is 0.235. The van der Waals surface area contributed by atoms with E-state index in [0.29, 0.717) is 17.1 Å². The fourth-order valence-electron chi connectivity index (χ4n) is 1.65. The minimum absolute atomic E-state index is 0.0300. The van der Waals surface area contributed by atoms with Gasteiger partial charge in [0.15, 0.2) is 5.78 Å². The van der Waals surface area contributed by atoms with Gasteiger partial charge in [0.2, 0.25) is 0 Å². The Labute approximate surface area is 119 Å². The number of hydrogen-bond acceptors (Lipinski definition) is 3. The van der Waals surface area contributed by atoms with Crippen LogP contribution in [0.5, 0.6) is 11.5 Å². The molecular weight excluding hydrogens is 252 g/mol. The Morgan fingerprint density at radius 1 is 1.10 bits per heavy atom. The number of ether oxygens (including phenoxy) is 1. The molecule has 0 bridgehead atoms. The lowest BCUT2D eigenvalue weighted by molar-refractivity contribution is 0.101. The molecule has 1 N–H and O–H groups in total. The molecule has 3 heteroatoms. The number of ketones is 1. The van der Waals surface area contributed by atoms with E-state index in [1.165, 1.54) is 6.92 Å². The number of carbonyl (C=O) groups is 1. The summed E-state index contributed by atoms with van der Waals surface area (Å²) in [5, 5.41) is 9.10. The normalized spacial score (nSPS) is 9.40. The first-order chi connectivity index (χ1) is 9.45. The molecule has 20 heavy (non-hydrogen) atoms. The lowest BCUT2D eigenvalue weighted by Gasteiger charge is -2.03. The summed E-state index contributed by atoms with van der Waals surface area (Å²) in [5.74, 6) is 1.05. The second kappa shape index (κ2) is 7.34. The molecule has 0 spiro atoms. The van der Waals surface area contributed by atoms with Gasteiger partial charge in [0, 0.05) is 0 Å². The Morgan fingerprint density at radius 3 is 2.20 bits per heavy atom. The first kappa shape index (κ1) is 15.8. The predicted octanol–water partition coefficient (Wildman–Crippen LogP) is 3.91. The number of aromatic hydroxyl groups is 1. The van der Waals surface area contributed by atoms with E-state index in [2.05, 4.69) is 0 Å². The summed E-state index contributed by atoms with van der Waals surface area (Å²) < 4.78 is 4.99. The SMILES string of the molecule is COc1ccccc1C(C)=O.Cc1ccc(C)c(O)c1. The van der Waals surface area contributed by atoms with Gasteiger partial charge in [-0.3, -0.25) is 4.79 Å². The van der Waals surface area contributed by atoms with Crippen molar-refractivity contribution >= 4 is 5.78 Å². The van der Waals surface area contributed by atoms with E-state index >= 15 is 0 Å². The van der Waals surface area contributed by atoms with Gasteiger partial charge in [-0.25, -0.2) is 0 Å². The lowest BCUT2D eigenvalue weighted by Crippen LogP contribution is -1.96. The van der Waals surface area contributed by atoms with Crippen LogP contribution in [0.4, 0.5) is 0 Å². The number of carbonyl (C=O) groups excluding carboxylic acids is 1. The van der Waals surface area contributed by atoms with Crippen LogP contribution in [0.25, 0.3) is 0 Å². The van der Waals surface area contributed by atoms with Crippen molar-refractivity contribution in [3.8, 4) is 11.5 Å². The molecule has 106 valence electrons. The van der Waals surface area contributed by atoms with Crippen LogP contribution in [0.15, 0.2) is 42.5 Å². The average Bonchev–Trinajstić information content (AvgIpc) is 2.44. The zero-order chi connectivity index (χ0) is 15.1. The van der Waals surface area contributed by atoms with Gasteiger partial charge in [-0.05, 0) is 50.1 Å². The zero-order valence-electron chi connectivity index (χ0n) is 12.3. The quantitative estimate of drug-likeness (QED) is 0.843. The zero-order valence-corrected chi connectivity index (χ0v) is 12.3. The highest BCUT2D eigenvalue weighted by Gasteiger charge is 2.04. The van der Waals surface area contributed by atoms with Gasteiger partial charge < -0.3 is 9.84 Å². The van der Waals surface area contributed by atoms with Crippen molar-refractivity contribution < 1.29 is 14.6 Å². The van der Waals surface area contributed by atoms with E-state index in [4.69, 9.17) is 9.84 Å². The summed E-state index contributed by atoms with van der Waals surface area (Å²) in [6.45, 7) is 5.37. The number of hydrogen-bond donors (Lipinski definition) is 1. The number of rotatable bonds is 2. The summed E-state index contributed by atoms with van der Waals surface area (Å²) in [7, 11) is 1.56. The summed E-state index contributed by atoms with van der Waals surface area (Å²) in [6.07, 6.45) is 0. The molecule has 0 heterocycles. The largest absolute Gasteiger partial charge is 0.508 e. The Balaban J connectivity index is 0.000000204. The third-order valence-corrected chi connectivity index (χ3v) is 2.85. The number of aryl methyl sites for hydroxylation is 2. The Morgan fingerprint density at radius 2 is 1.75 bits per heavy atom. The number of phenols is 1. The maximum Gasteiger partial charge on any atom is 0.163 e. The van der Waals surface area contributed by atoms with Crippen molar-refractivity contribution in [2.24, 2.45) is 0 Å². The molecule has 0 aliphatic carbocycles. The van der Waals surface area contributed by atoms with Gasteiger partial charge in [0.25, 0.3) is 0 Å². The van der Waals surface area contributed by atoms with E-state index < -0.39 is 0 Å². The summed E-state index contributed by atoms with van der Waals surface area (Å²) in [6, 6.07) is 12.8. The third kappa shape index (κ3) is 4.43. The fourth-order valence-corrected chi connectivity index (χ4v) is 1.65. The highest BCUT2D eigenvalue weighted by molar-refractivity contribution is 5.96. The minimum Gasteiger partial charge on any atom is -0.508 e.